The van der Waals surface area contributed by atoms with Crippen LogP contribution in [-0.2, 0) is 25.7 Å². The number of alkyl halides is 3. The normalized spacial score (nSPS) is 15.2. The molecule has 1 aliphatic rings. The van der Waals surface area contributed by atoms with Gasteiger partial charge in [-0.25, -0.2) is 9.97 Å². The van der Waals surface area contributed by atoms with Crippen LogP contribution in [0.25, 0.3) is 0 Å². The molecular formula is C10H12F3N3. The van der Waals surface area contributed by atoms with Crippen LogP contribution in [0.1, 0.15) is 36.1 Å². The second-order valence-corrected chi connectivity index (χ2v) is 3.77. The van der Waals surface area contributed by atoms with Crippen LogP contribution in [0.15, 0.2) is 0 Å². The first-order valence-corrected chi connectivity index (χ1v) is 5.19. The van der Waals surface area contributed by atoms with Crippen LogP contribution in [0.2, 0.25) is 0 Å². The van der Waals surface area contributed by atoms with Crippen LogP contribution in [0.5, 0.6) is 0 Å². The third kappa shape index (κ3) is 2.02. The van der Waals surface area contributed by atoms with E-state index < -0.39 is 11.9 Å². The number of rotatable bonds is 2. The van der Waals surface area contributed by atoms with Gasteiger partial charge < -0.3 is 5.32 Å². The maximum atomic E-state index is 12.7. The zero-order valence-electron chi connectivity index (χ0n) is 8.86. The maximum absolute atomic E-state index is 12.7. The Morgan fingerprint density at radius 1 is 1.25 bits per heavy atom. The third-order valence-corrected chi connectivity index (χ3v) is 2.48. The third-order valence-electron chi connectivity index (χ3n) is 2.48. The first-order chi connectivity index (χ1) is 7.52. The number of fused-ring (bicyclic) bond motifs is 1. The van der Waals surface area contributed by atoms with Crippen molar-refractivity contribution in [3.63, 3.8) is 0 Å². The fraction of sp³-hybridized carbons (Fsp3) is 0.600. The second-order valence-electron chi connectivity index (χ2n) is 3.77. The van der Waals surface area contributed by atoms with Gasteiger partial charge >= 0.3 is 6.18 Å². The molecule has 0 spiro atoms. The van der Waals surface area contributed by atoms with E-state index in [0.29, 0.717) is 18.7 Å². The summed E-state index contributed by atoms with van der Waals surface area (Å²) in [6.45, 7) is 2.50. The predicted molar refractivity (Wildman–Crippen MR) is 51.6 cm³/mol. The van der Waals surface area contributed by atoms with Crippen molar-refractivity contribution in [2.45, 2.75) is 39.0 Å². The lowest BCUT2D eigenvalue weighted by atomic mass is 10.1. The molecule has 0 aromatic carbocycles. The molecule has 0 fully saturated rings. The number of nitrogens with one attached hydrogen (secondary N) is 1. The molecule has 1 aromatic heterocycles. The van der Waals surface area contributed by atoms with Crippen molar-refractivity contribution >= 4 is 0 Å². The number of hydrogen-bond acceptors (Lipinski definition) is 3. The Morgan fingerprint density at radius 2 is 2.00 bits per heavy atom. The Bertz CT molecular complexity index is 401. The van der Waals surface area contributed by atoms with Crippen molar-refractivity contribution in [1.82, 2.24) is 15.3 Å². The molecule has 3 nitrogen and oxygen atoms in total. The van der Waals surface area contributed by atoms with Crippen LogP contribution in [0.4, 0.5) is 13.2 Å². The lowest BCUT2D eigenvalue weighted by Gasteiger charge is -2.11. The molecule has 0 atom stereocenters. The summed E-state index contributed by atoms with van der Waals surface area (Å²) in [4.78, 5) is 7.77. The van der Waals surface area contributed by atoms with Crippen LogP contribution < -0.4 is 5.32 Å². The number of nitrogens with zero attached hydrogens (tertiary/aromatic N) is 2. The molecular weight excluding hydrogens is 219 g/mol. The highest BCUT2D eigenvalue weighted by atomic mass is 19.4. The van der Waals surface area contributed by atoms with E-state index in [4.69, 9.17) is 0 Å². The van der Waals surface area contributed by atoms with Gasteiger partial charge in [0.2, 0.25) is 0 Å². The lowest BCUT2D eigenvalue weighted by Crippen LogP contribution is -2.15. The highest BCUT2D eigenvalue weighted by Crippen LogP contribution is 2.33. The van der Waals surface area contributed by atoms with E-state index in [9.17, 15) is 13.2 Å². The van der Waals surface area contributed by atoms with E-state index in [1.807, 2.05) is 6.92 Å². The van der Waals surface area contributed by atoms with E-state index in [2.05, 4.69) is 15.3 Å². The topological polar surface area (TPSA) is 37.8 Å². The van der Waals surface area contributed by atoms with E-state index in [-0.39, 0.29) is 17.9 Å². The molecule has 0 amide bonds. The summed E-state index contributed by atoms with van der Waals surface area (Å²) in [6.07, 6.45) is -3.17. The Balaban J connectivity index is 2.49. The maximum Gasteiger partial charge on any atom is 0.433 e. The summed E-state index contributed by atoms with van der Waals surface area (Å²) in [7, 11) is 0. The standard InChI is InChI=1S/C10H12F3N3/c1-2-3-8-15-7-5-14-4-6(7)9(16-8)10(11,12)13/h14H,2-5H2,1H3. The summed E-state index contributed by atoms with van der Waals surface area (Å²) in [5.74, 6) is 0.289. The second kappa shape index (κ2) is 4.01. The monoisotopic (exact) mass is 231 g/mol. The molecule has 1 N–H and O–H groups in total. The molecule has 0 bridgehead atoms. The molecule has 0 saturated heterocycles. The number of hydrogen-bond donors (Lipinski definition) is 1. The van der Waals surface area contributed by atoms with E-state index in [1.165, 1.54) is 0 Å². The summed E-state index contributed by atoms with van der Waals surface area (Å²) >= 11 is 0. The van der Waals surface area contributed by atoms with E-state index in [0.717, 1.165) is 6.42 Å². The zero-order chi connectivity index (χ0) is 11.8. The fourth-order valence-corrected chi connectivity index (χ4v) is 1.79. The smallest absolute Gasteiger partial charge is 0.307 e. The highest BCUT2D eigenvalue weighted by Gasteiger charge is 2.38. The number of aryl methyl sites for hydroxylation is 1. The van der Waals surface area contributed by atoms with E-state index >= 15 is 0 Å². The summed E-state index contributed by atoms with van der Waals surface area (Å²) in [5, 5.41) is 2.87. The minimum atomic E-state index is -4.39. The highest BCUT2D eigenvalue weighted by molar-refractivity contribution is 5.31. The van der Waals surface area contributed by atoms with Crippen molar-refractivity contribution < 1.29 is 13.2 Å². The molecule has 0 saturated carbocycles. The molecule has 0 unspecified atom stereocenters. The van der Waals surface area contributed by atoms with E-state index in [1.54, 1.807) is 0 Å². The molecule has 0 radical (unpaired) electrons. The first kappa shape index (κ1) is 11.3. The average molecular weight is 231 g/mol. The van der Waals surface area contributed by atoms with Gasteiger partial charge in [0, 0.05) is 25.1 Å². The molecule has 2 rings (SSSR count). The predicted octanol–water partition coefficient (Wildman–Crippen LogP) is 2.05. The van der Waals surface area contributed by atoms with Crippen LogP contribution in [0.3, 0.4) is 0 Å². The van der Waals surface area contributed by atoms with Crippen molar-refractivity contribution in [2.24, 2.45) is 0 Å². The van der Waals surface area contributed by atoms with Gasteiger partial charge in [0.25, 0.3) is 0 Å². The van der Waals surface area contributed by atoms with Crippen molar-refractivity contribution in [1.29, 1.82) is 0 Å². The minimum absolute atomic E-state index is 0.201. The van der Waals surface area contributed by atoms with Crippen LogP contribution in [0, 0.1) is 0 Å². The SMILES string of the molecule is CCCc1nc2c(c(C(F)(F)F)n1)CNC2. The van der Waals surface area contributed by atoms with Gasteiger partial charge in [-0.05, 0) is 6.42 Å². The average Bonchev–Trinajstić information content (AvgIpc) is 2.63. The van der Waals surface area contributed by atoms with Crippen molar-refractivity contribution in [2.75, 3.05) is 0 Å². The zero-order valence-corrected chi connectivity index (χ0v) is 8.86. The van der Waals surface area contributed by atoms with Gasteiger partial charge in [-0.3, -0.25) is 0 Å². The van der Waals surface area contributed by atoms with Crippen molar-refractivity contribution in [3.05, 3.63) is 22.8 Å². The van der Waals surface area contributed by atoms with Gasteiger partial charge in [-0.1, -0.05) is 6.92 Å². The van der Waals surface area contributed by atoms with Gasteiger partial charge in [0.1, 0.15) is 5.82 Å². The molecule has 88 valence electrons. The minimum Gasteiger partial charge on any atom is -0.307 e. The Labute approximate surface area is 91.1 Å². The number of halogens is 3. The quantitative estimate of drug-likeness (QED) is 0.846. The Hall–Kier alpha value is -1.17. The lowest BCUT2D eigenvalue weighted by molar-refractivity contribution is -0.142. The van der Waals surface area contributed by atoms with Crippen molar-refractivity contribution in [3.8, 4) is 0 Å². The molecule has 1 aromatic rings. The van der Waals surface area contributed by atoms with Gasteiger partial charge in [0.15, 0.2) is 5.69 Å². The van der Waals surface area contributed by atoms with Gasteiger partial charge in [-0.2, -0.15) is 13.2 Å². The summed E-state index contributed by atoms with van der Waals surface area (Å²) in [6, 6.07) is 0. The first-order valence-electron chi connectivity index (χ1n) is 5.19. The molecule has 16 heavy (non-hydrogen) atoms. The molecule has 0 aliphatic carbocycles. The van der Waals surface area contributed by atoms with Crippen LogP contribution in [-0.4, -0.2) is 9.97 Å². The molecule has 6 heteroatoms. The summed E-state index contributed by atoms with van der Waals surface area (Å²) < 4.78 is 38.2. The summed E-state index contributed by atoms with van der Waals surface area (Å²) in [5.41, 5.74) is -0.0796. The molecule has 1 aliphatic heterocycles. The number of aromatic nitrogens is 2. The van der Waals surface area contributed by atoms with Gasteiger partial charge in [-0.15, -0.1) is 0 Å². The van der Waals surface area contributed by atoms with Crippen LogP contribution >= 0.6 is 0 Å². The fourth-order valence-electron chi connectivity index (χ4n) is 1.79. The Morgan fingerprint density at radius 3 is 2.62 bits per heavy atom. The Kier molecular flexibility index (Phi) is 2.84. The molecule has 2 heterocycles. The van der Waals surface area contributed by atoms with Gasteiger partial charge in [0.05, 0.1) is 5.69 Å². The largest absolute Gasteiger partial charge is 0.433 e.